The van der Waals surface area contributed by atoms with Gasteiger partial charge in [-0.15, -0.1) is 0 Å². The number of nitrogens with one attached hydrogen (secondary N) is 1. The number of anilines is 1. The Morgan fingerprint density at radius 1 is 1.17 bits per heavy atom. The number of hydrogen-bond donors (Lipinski definition) is 2. The Bertz CT molecular complexity index is 1450. The summed E-state index contributed by atoms with van der Waals surface area (Å²) in [6, 6.07) is 9.66. The van der Waals surface area contributed by atoms with Crippen LogP contribution >= 0.6 is 11.6 Å². The number of hydrogen-bond acceptors (Lipinski definition) is 7. The van der Waals surface area contributed by atoms with Crippen molar-refractivity contribution in [2.75, 3.05) is 18.4 Å². The van der Waals surface area contributed by atoms with Crippen molar-refractivity contribution in [3.8, 4) is 5.75 Å². The predicted octanol–water partition coefficient (Wildman–Crippen LogP) is 2.46. The Balaban J connectivity index is 1.36. The van der Waals surface area contributed by atoms with Crippen molar-refractivity contribution in [3.05, 3.63) is 71.3 Å². The van der Waals surface area contributed by atoms with Crippen molar-refractivity contribution in [1.82, 2.24) is 23.9 Å². The Hall–Kier alpha value is -3.15. The van der Waals surface area contributed by atoms with Crippen LogP contribution in [0, 0.1) is 0 Å². The molecule has 12 heteroatoms. The van der Waals surface area contributed by atoms with Crippen LogP contribution in [0.5, 0.6) is 5.75 Å². The van der Waals surface area contributed by atoms with Crippen LogP contribution in [0.4, 0.5) is 5.82 Å². The quantitative estimate of drug-likeness (QED) is 0.385. The largest absolute Gasteiger partial charge is 0.508 e. The first kappa shape index (κ1) is 23.6. The Morgan fingerprint density at radius 2 is 1.97 bits per heavy atom. The second kappa shape index (κ2) is 9.48. The summed E-state index contributed by atoms with van der Waals surface area (Å²) < 4.78 is 29.3. The standard InChI is InChI=1S/C23H22BClN6O3S/c24-20-14-28-31-22(27-13-15-2-1-5-26-12-15)11-21(29-23(20)31)16-3-6-30(7-4-16)35(33,34)19-9-17(25)8-18(32)10-19/h1-2,5,8-12,14,16,27,32H,3-4,6-7,13H2. The number of aromatic hydroxyl groups is 1. The summed E-state index contributed by atoms with van der Waals surface area (Å²) in [5.41, 5.74) is 2.87. The minimum Gasteiger partial charge on any atom is -0.508 e. The monoisotopic (exact) mass is 508 g/mol. The number of halogens is 1. The first-order chi connectivity index (χ1) is 16.8. The number of nitrogens with zero attached hydrogens (tertiary/aromatic N) is 5. The molecule has 0 unspecified atom stereocenters. The lowest BCUT2D eigenvalue weighted by atomic mass is 9.94. The van der Waals surface area contributed by atoms with Crippen molar-refractivity contribution >= 4 is 46.4 Å². The number of phenolic OH excluding ortho intramolecular Hbond substituents is 1. The molecule has 9 nitrogen and oxygen atoms in total. The highest BCUT2D eigenvalue weighted by atomic mass is 35.5. The van der Waals surface area contributed by atoms with E-state index in [1.165, 1.54) is 22.5 Å². The molecule has 0 bridgehead atoms. The van der Waals surface area contributed by atoms with Gasteiger partial charge in [0.15, 0.2) is 0 Å². The number of aromatic nitrogens is 4. The van der Waals surface area contributed by atoms with E-state index in [0.29, 0.717) is 43.6 Å². The summed E-state index contributed by atoms with van der Waals surface area (Å²) in [5.74, 6) is 0.607. The van der Waals surface area contributed by atoms with E-state index in [-0.39, 0.29) is 21.6 Å². The van der Waals surface area contributed by atoms with E-state index in [0.717, 1.165) is 17.1 Å². The number of piperidine rings is 1. The third-order valence-electron chi connectivity index (χ3n) is 6.08. The molecule has 1 aliphatic rings. The molecule has 5 rings (SSSR count). The van der Waals surface area contributed by atoms with Crippen molar-refractivity contribution in [1.29, 1.82) is 0 Å². The fraction of sp³-hybridized carbons (Fsp3) is 0.261. The van der Waals surface area contributed by atoms with Crippen molar-refractivity contribution in [2.24, 2.45) is 0 Å². The van der Waals surface area contributed by atoms with Crippen LogP contribution in [0.15, 0.2) is 59.9 Å². The number of phenols is 1. The molecule has 1 saturated heterocycles. The highest BCUT2D eigenvalue weighted by Gasteiger charge is 2.31. The molecule has 0 amide bonds. The van der Waals surface area contributed by atoms with Crippen LogP contribution in [0.3, 0.4) is 0 Å². The molecular weight excluding hydrogens is 487 g/mol. The minimum atomic E-state index is -3.78. The summed E-state index contributed by atoms with van der Waals surface area (Å²) in [5, 5.41) is 17.7. The molecule has 1 fully saturated rings. The Kier molecular flexibility index (Phi) is 6.39. The zero-order chi connectivity index (χ0) is 24.6. The number of pyridine rings is 1. The van der Waals surface area contributed by atoms with E-state index in [2.05, 4.69) is 15.4 Å². The molecule has 2 N–H and O–H groups in total. The van der Waals surface area contributed by atoms with Gasteiger partial charge in [0.25, 0.3) is 0 Å². The zero-order valence-electron chi connectivity index (χ0n) is 18.7. The summed E-state index contributed by atoms with van der Waals surface area (Å²) in [6.07, 6.45) is 6.26. The SMILES string of the molecule is [B]c1cnn2c(NCc3cccnc3)cc(C3CCN(S(=O)(=O)c4cc(O)cc(Cl)c4)CC3)nc12. The van der Waals surface area contributed by atoms with E-state index >= 15 is 0 Å². The molecule has 0 atom stereocenters. The smallest absolute Gasteiger partial charge is 0.243 e. The van der Waals surface area contributed by atoms with Gasteiger partial charge < -0.3 is 10.4 Å². The van der Waals surface area contributed by atoms with E-state index in [9.17, 15) is 13.5 Å². The van der Waals surface area contributed by atoms with Gasteiger partial charge in [-0.05, 0) is 48.1 Å². The minimum absolute atomic E-state index is 0.0191. The van der Waals surface area contributed by atoms with Gasteiger partial charge in [0, 0.05) is 60.9 Å². The van der Waals surface area contributed by atoms with E-state index in [1.54, 1.807) is 23.1 Å². The molecule has 4 heterocycles. The molecule has 1 aliphatic heterocycles. The van der Waals surface area contributed by atoms with Gasteiger partial charge in [0.05, 0.1) is 4.90 Å². The second-order valence-electron chi connectivity index (χ2n) is 8.44. The first-order valence-electron chi connectivity index (χ1n) is 11.1. The van der Waals surface area contributed by atoms with Gasteiger partial charge in [0.2, 0.25) is 10.0 Å². The summed E-state index contributed by atoms with van der Waals surface area (Å²) in [4.78, 5) is 8.87. The lowest BCUT2D eigenvalue weighted by Crippen LogP contribution is -2.38. The fourth-order valence-corrected chi connectivity index (χ4v) is 6.10. The molecule has 0 saturated carbocycles. The second-order valence-corrected chi connectivity index (χ2v) is 10.8. The van der Waals surface area contributed by atoms with Crippen LogP contribution in [-0.2, 0) is 16.6 Å². The molecule has 35 heavy (non-hydrogen) atoms. The maximum atomic E-state index is 13.1. The number of sulfonamides is 1. The number of benzene rings is 1. The van der Waals surface area contributed by atoms with E-state index in [1.807, 2.05) is 18.2 Å². The molecule has 1 aromatic carbocycles. The van der Waals surface area contributed by atoms with E-state index in [4.69, 9.17) is 24.4 Å². The normalized spacial score (nSPS) is 15.5. The lowest BCUT2D eigenvalue weighted by molar-refractivity contribution is 0.316. The molecule has 0 aliphatic carbocycles. The van der Waals surface area contributed by atoms with Gasteiger partial charge in [0.1, 0.15) is 25.1 Å². The van der Waals surface area contributed by atoms with Crippen molar-refractivity contribution in [2.45, 2.75) is 30.2 Å². The summed E-state index contributed by atoms with van der Waals surface area (Å²) in [7, 11) is 2.34. The highest BCUT2D eigenvalue weighted by molar-refractivity contribution is 7.89. The Labute approximate surface area is 209 Å². The molecular formula is C23H22BClN6O3S. The average Bonchev–Trinajstić information content (AvgIpc) is 3.23. The van der Waals surface area contributed by atoms with Crippen LogP contribution in [-0.4, -0.2) is 58.3 Å². The fourth-order valence-electron chi connectivity index (χ4n) is 4.27. The molecule has 178 valence electrons. The number of rotatable bonds is 6. The van der Waals surface area contributed by atoms with Crippen LogP contribution in [0.2, 0.25) is 5.02 Å². The molecule has 2 radical (unpaired) electrons. The maximum Gasteiger partial charge on any atom is 0.243 e. The molecule has 0 spiro atoms. The van der Waals surface area contributed by atoms with Gasteiger partial charge in [-0.25, -0.2) is 13.4 Å². The maximum absolute atomic E-state index is 13.1. The highest BCUT2D eigenvalue weighted by Crippen LogP contribution is 2.32. The summed E-state index contributed by atoms with van der Waals surface area (Å²) in [6.45, 7) is 1.19. The van der Waals surface area contributed by atoms with Crippen LogP contribution in [0.25, 0.3) is 5.65 Å². The molecule has 4 aromatic rings. The van der Waals surface area contributed by atoms with Crippen LogP contribution < -0.4 is 10.8 Å². The number of fused-ring (bicyclic) bond motifs is 1. The topological polar surface area (TPSA) is 113 Å². The zero-order valence-corrected chi connectivity index (χ0v) is 20.2. The van der Waals surface area contributed by atoms with Crippen LogP contribution in [0.1, 0.15) is 30.0 Å². The van der Waals surface area contributed by atoms with Gasteiger partial charge >= 0.3 is 0 Å². The lowest BCUT2D eigenvalue weighted by Gasteiger charge is -2.31. The summed E-state index contributed by atoms with van der Waals surface area (Å²) >= 11 is 5.95. The molecule has 3 aromatic heterocycles. The average molecular weight is 509 g/mol. The van der Waals surface area contributed by atoms with Crippen molar-refractivity contribution < 1.29 is 13.5 Å². The van der Waals surface area contributed by atoms with Crippen molar-refractivity contribution in [3.63, 3.8) is 0 Å². The van der Waals surface area contributed by atoms with Gasteiger partial charge in [-0.1, -0.05) is 17.7 Å². The van der Waals surface area contributed by atoms with Gasteiger partial charge in [-0.3, -0.25) is 4.98 Å². The third kappa shape index (κ3) is 4.84. The Morgan fingerprint density at radius 3 is 2.69 bits per heavy atom. The van der Waals surface area contributed by atoms with E-state index < -0.39 is 10.0 Å². The third-order valence-corrected chi connectivity index (χ3v) is 8.18. The predicted molar refractivity (Wildman–Crippen MR) is 134 cm³/mol. The van der Waals surface area contributed by atoms with Gasteiger partial charge in [-0.2, -0.15) is 13.9 Å². The first-order valence-corrected chi connectivity index (χ1v) is 12.9.